The van der Waals surface area contributed by atoms with E-state index in [2.05, 4.69) is 73.0 Å². The number of hydrogen-bond donors (Lipinski definition) is 4. The van der Waals surface area contributed by atoms with Crippen molar-refractivity contribution in [3.05, 3.63) is 60.0 Å². The van der Waals surface area contributed by atoms with Crippen molar-refractivity contribution in [1.29, 1.82) is 0 Å². The molecule has 0 bridgehead atoms. The molecule has 0 spiro atoms. The molecule has 0 radical (unpaired) electrons. The van der Waals surface area contributed by atoms with Gasteiger partial charge in [0.25, 0.3) is 0 Å². The number of H-pyrrole nitrogens is 2. The summed E-state index contributed by atoms with van der Waals surface area (Å²) >= 11 is 0. The van der Waals surface area contributed by atoms with Gasteiger partial charge in [-0.05, 0) is 48.9 Å². The first-order valence-corrected chi connectivity index (χ1v) is 9.23. The van der Waals surface area contributed by atoms with Crippen LogP contribution in [0.3, 0.4) is 0 Å². The van der Waals surface area contributed by atoms with Gasteiger partial charge in [0.2, 0.25) is 5.95 Å². The maximum absolute atomic E-state index is 4.56. The van der Waals surface area contributed by atoms with Crippen molar-refractivity contribution >= 4 is 28.5 Å². The van der Waals surface area contributed by atoms with Crippen LogP contribution >= 0.6 is 0 Å². The quantitative estimate of drug-likeness (QED) is 0.407. The Morgan fingerprint density at radius 2 is 2.04 bits per heavy atom. The molecule has 0 aliphatic heterocycles. The lowest BCUT2D eigenvalue weighted by Gasteiger charge is -2.15. The van der Waals surface area contributed by atoms with Crippen LogP contribution in [0.5, 0.6) is 0 Å². The SMILES string of the molecule is C[C@H](Nc1nccc(Nc2cc(C3CC3)[nH]n2)n1)c1ccc2cc[nH]c2c1. The predicted octanol–water partition coefficient (Wildman–Crippen LogP) is 4.48. The maximum atomic E-state index is 4.56. The Kier molecular flexibility index (Phi) is 3.78. The van der Waals surface area contributed by atoms with Crippen LogP contribution in [0.4, 0.5) is 17.6 Å². The molecule has 0 saturated heterocycles. The van der Waals surface area contributed by atoms with Gasteiger partial charge < -0.3 is 15.6 Å². The molecule has 0 unspecified atom stereocenters. The molecule has 7 heteroatoms. The van der Waals surface area contributed by atoms with Crippen LogP contribution in [0.25, 0.3) is 10.9 Å². The van der Waals surface area contributed by atoms with E-state index in [0.717, 1.165) is 11.3 Å². The number of aromatic amines is 2. The Morgan fingerprint density at radius 1 is 1.11 bits per heavy atom. The Bertz CT molecular complexity index is 1080. The van der Waals surface area contributed by atoms with E-state index in [4.69, 9.17) is 0 Å². The summed E-state index contributed by atoms with van der Waals surface area (Å²) in [5.74, 6) is 2.73. The largest absolute Gasteiger partial charge is 0.361 e. The maximum Gasteiger partial charge on any atom is 0.225 e. The summed E-state index contributed by atoms with van der Waals surface area (Å²) in [6.07, 6.45) is 6.19. The number of nitrogens with zero attached hydrogens (tertiary/aromatic N) is 3. The molecule has 1 aliphatic carbocycles. The fourth-order valence-electron chi connectivity index (χ4n) is 3.24. The van der Waals surface area contributed by atoms with Crippen LogP contribution in [0.2, 0.25) is 0 Å². The van der Waals surface area contributed by atoms with Gasteiger partial charge >= 0.3 is 0 Å². The Labute approximate surface area is 156 Å². The molecule has 7 nitrogen and oxygen atoms in total. The van der Waals surface area contributed by atoms with Crippen LogP contribution < -0.4 is 10.6 Å². The van der Waals surface area contributed by atoms with Crippen LogP contribution in [0, 0.1) is 0 Å². The van der Waals surface area contributed by atoms with Crippen molar-refractivity contribution in [2.24, 2.45) is 0 Å². The van der Waals surface area contributed by atoms with Crippen LogP contribution in [0.1, 0.15) is 43.0 Å². The van der Waals surface area contributed by atoms with Gasteiger partial charge in [0, 0.05) is 35.6 Å². The van der Waals surface area contributed by atoms with E-state index in [9.17, 15) is 0 Å². The lowest BCUT2D eigenvalue weighted by Crippen LogP contribution is -2.10. The minimum Gasteiger partial charge on any atom is -0.361 e. The molecule has 0 amide bonds. The summed E-state index contributed by atoms with van der Waals surface area (Å²) in [5.41, 5.74) is 3.49. The number of nitrogens with one attached hydrogen (secondary N) is 4. The second-order valence-electron chi connectivity index (χ2n) is 7.06. The Balaban J connectivity index is 1.30. The minimum atomic E-state index is 0.0832. The summed E-state index contributed by atoms with van der Waals surface area (Å²) in [4.78, 5) is 12.2. The fourth-order valence-corrected chi connectivity index (χ4v) is 3.24. The third-order valence-electron chi connectivity index (χ3n) is 4.95. The number of rotatable bonds is 6. The van der Waals surface area contributed by atoms with E-state index in [1.165, 1.54) is 29.5 Å². The van der Waals surface area contributed by atoms with E-state index in [-0.39, 0.29) is 6.04 Å². The normalized spacial score (nSPS) is 15.0. The summed E-state index contributed by atoms with van der Waals surface area (Å²) in [6, 6.07) is 12.4. The van der Waals surface area contributed by atoms with Gasteiger partial charge in [0.05, 0.1) is 6.04 Å². The smallest absolute Gasteiger partial charge is 0.225 e. The van der Waals surface area contributed by atoms with E-state index < -0.39 is 0 Å². The third kappa shape index (κ3) is 3.36. The monoisotopic (exact) mass is 359 g/mol. The number of hydrogen-bond acceptors (Lipinski definition) is 5. The first kappa shape index (κ1) is 15.9. The molecule has 4 N–H and O–H groups in total. The lowest BCUT2D eigenvalue weighted by molar-refractivity contribution is 0.862. The van der Waals surface area contributed by atoms with Gasteiger partial charge in [-0.15, -0.1) is 0 Å². The van der Waals surface area contributed by atoms with Gasteiger partial charge in [-0.3, -0.25) is 5.10 Å². The molecular weight excluding hydrogens is 338 g/mol. The van der Waals surface area contributed by atoms with Crippen molar-refractivity contribution in [2.45, 2.75) is 31.7 Å². The Morgan fingerprint density at radius 3 is 2.93 bits per heavy atom. The molecule has 136 valence electrons. The molecule has 1 atom stereocenters. The molecule has 5 rings (SSSR count). The van der Waals surface area contributed by atoms with Gasteiger partial charge in [-0.2, -0.15) is 10.1 Å². The zero-order valence-electron chi connectivity index (χ0n) is 15.0. The summed E-state index contributed by atoms with van der Waals surface area (Å²) in [7, 11) is 0. The Hall–Kier alpha value is -3.35. The lowest BCUT2D eigenvalue weighted by atomic mass is 10.1. The highest BCUT2D eigenvalue weighted by Gasteiger charge is 2.25. The molecule has 1 fully saturated rings. The second-order valence-corrected chi connectivity index (χ2v) is 7.06. The molecule has 1 saturated carbocycles. The van der Waals surface area contributed by atoms with E-state index in [1.54, 1.807) is 6.20 Å². The number of anilines is 3. The van der Waals surface area contributed by atoms with E-state index in [0.29, 0.717) is 17.7 Å². The highest BCUT2D eigenvalue weighted by atomic mass is 15.2. The standard InChI is InChI=1S/C20H21N7/c1-12(15-5-4-14-6-8-21-16(14)10-15)23-20-22-9-7-18(25-20)24-19-11-17(26-27-19)13-2-3-13/h4-13,21H,2-3H2,1H3,(H3,22,23,24,25,26,27)/t12-/m0/s1. The molecule has 3 heterocycles. The first-order valence-electron chi connectivity index (χ1n) is 9.23. The highest BCUT2D eigenvalue weighted by molar-refractivity contribution is 5.80. The van der Waals surface area contributed by atoms with Crippen molar-refractivity contribution < 1.29 is 0 Å². The minimum absolute atomic E-state index is 0.0832. The molecule has 1 aliphatic rings. The molecule has 1 aromatic carbocycles. The fraction of sp³-hybridized carbons (Fsp3) is 0.250. The van der Waals surface area contributed by atoms with Gasteiger partial charge in [0.15, 0.2) is 5.82 Å². The van der Waals surface area contributed by atoms with Gasteiger partial charge in [-0.1, -0.05) is 12.1 Å². The molecule has 27 heavy (non-hydrogen) atoms. The van der Waals surface area contributed by atoms with Crippen molar-refractivity contribution in [3.8, 4) is 0 Å². The van der Waals surface area contributed by atoms with Crippen LogP contribution in [-0.4, -0.2) is 25.1 Å². The van der Waals surface area contributed by atoms with Gasteiger partial charge in [0.1, 0.15) is 5.82 Å². The second kappa shape index (κ2) is 6.42. The number of fused-ring (bicyclic) bond motifs is 1. The number of aromatic nitrogens is 5. The zero-order chi connectivity index (χ0) is 18.2. The number of benzene rings is 1. The van der Waals surface area contributed by atoms with Crippen LogP contribution in [-0.2, 0) is 0 Å². The summed E-state index contributed by atoms with van der Waals surface area (Å²) in [5, 5.41) is 15.2. The molecule has 4 aromatic rings. The van der Waals surface area contributed by atoms with Crippen molar-refractivity contribution in [1.82, 2.24) is 25.1 Å². The van der Waals surface area contributed by atoms with Gasteiger partial charge in [-0.25, -0.2) is 4.98 Å². The van der Waals surface area contributed by atoms with Crippen molar-refractivity contribution in [3.63, 3.8) is 0 Å². The average molecular weight is 359 g/mol. The zero-order valence-corrected chi connectivity index (χ0v) is 15.0. The molecular formula is C20H21N7. The third-order valence-corrected chi connectivity index (χ3v) is 4.95. The summed E-state index contributed by atoms with van der Waals surface area (Å²) < 4.78 is 0. The van der Waals surface area contributed by atoms with Crippen LogP contribution in [0.15, 0.2) is 48.8 Å². The highest BCUT2D eigenvalue weighted by Crippen LogP contribution is 2.39. The summed E-state index contributed by atoms with van der Waals surface area (Å²) in [6.45, 7) is 2.10. The average Bonchev–Trinajstić information content (AvgIpc) is 3.23. The first-order chi connectivity index (χ1) is 13.2. The molecule has 3 aromatic heterocycles. The van der Waals surface area contributed by atoms with E-state index >= 15 is 0 Å². The van der Waals surface area contributed by atoms with E-state index in [1.807, 2.05) is 12.3 Å². The topological polar surface area (TPSA) is 94.3 Å². The van der Waals surface area contributed by atoms with Crippen molar-refractivity contribution in [2.75, 3.05) is 10.6 Å². The predicted molar refractivity (Wildman–Crippen MR) is 106 cm³/mol.